The molecule has 1 unspecified atom stereocenters. The van der Waals surface area contributed by atoms with Gasteiger partial charge in [-0.15, -0.1) is 0 Å². The van der Waals surface area contributed by atoms with Crippen LogP contribution in [0, 0.1) is 22.6 Å². The number of carbonyl (C=O) groups excluding carboxylic acids is 5. The van der Waals surface area contributed by atoms with E-state index in [2.05, 4.69) is 47.4 Å². The highest BCUT2D eigenvalue weighted by atomic mass is 19.1. The monoisotopic (exact) mass is 1020 g/mol. The SMILES string of the molecule is CCC(=NC(=O)[C@@H]1C[C@H](NCCCCCCCCC(=O)NCCn2nc(C#N)c3c2CN(C)C(=O)c2ccc(F)cc2[C@@H](C)Oc2nc-3cnc2N)CN1C(=O)C(NC(=O)[C@H](C)NC)C(C)(C)C)c1ccccc1. The number of aromatic nitrogens is 4. The second kappa shape index (κ2) is 25.7. The zero-order chi connectivity index (χ0) is 53.7. The summed E-state index contributed by atoms with van der Waals surface area (Å²) in [6.45, 7) is 12.4. The number of fused-ring (bicyclic) bond motifs is 5. The van der Waals surface area contributed by atoms with Crippen LogP contribution in [0.15, 0.2) is 59.7 Å². The van der Waals surface area contributed by atoms with Crippen LogP contribution >= 0.6 is 0 Å². The first-order valence-electron chi connectivity index (χ1n) is 25.6. The lowest BCUT2D eigenvalue weighted by Crippen LogP contribution is -2.59. The standard InChI is InChI=1S/C54H72FN13O6/c1-9-40(35-19-15-14-16-20-35)62-50(71)43-28-37(31-67(43)53(73)47(54(4,5)6)64-49(70)33(2)58-7)59-24-18-13-11-10-12-17-21-45(69)60-25-26-68-44-32-66(8)52(72)38-23-22-36(55)27-39(38)34(3)74-51-48(57)61-30-42(63-51)46(44)41(29-56)65-68/h14-16,19-20,22-23,27,30,33-34,37,43,47,58-59H,9-13,17-18,21,24-26,28,31-32H2,1-8H3,(H2,57,61)(H,60,69)(H,64,70)/t33-,34+,37-,43-,47?/m0/s1. The maximum atomic E-state index is 14.5. The van der Waals surface area contributed by atoms with Gasteiger partial charge in [-0.1, -0.05) is 83.7 Å². The molecule has 2 aromatic carbocycles. The van der Waals surface area contributed by atoms with Crippen molar-refractivity contribution in [2.75, 3.05) is 39.5 Å². The van der Waals surface area contributed by atoms with Crippen LogP contribution in [0.25, 0.3) is 11.3 Å². The Hall–Kier alpha value is -7.11. The Balaban J connectivity index is 0.985. The molecule has 19 nitrogen and oxygen atoms in total. The molecule has 0 saturated carbocycles. The van der Waals surface area contributed by atoms with Gasteiger partial charge in [0.25, 0.3) is 17.7 Å². The summed E-state index contributed by atoms with van der Waals surface area (Å²) in [6, 6.07) is 13.2. The van der Waals surface area contributed by atoms with Crippen molar-refractivity contribution in [1.29, 1.82) is 5.26 Å². The molecule has 0 spiro atoms. The van der Waals surface area contributed by atoms with Gasteiger partial charge in [-0.2, -0.15) is 10.4 Å². The minimum atomic E-state index is -0.861. The number of aliphatic imine (C=N–C) groups is 1. The van der Waals surface area contributed by atoms with Gasteiger partial charge < -0.3 is 41.5 Å². The molecule has 4 aromatic rings. The van der Waals surface area contributed by atoms with Gasteiger partial charge in [0.05, 0.1) is 48.0 Å². The topological polar surface area (TPSA) is 255 Å². The maximum Gasteiger partial charge on any atom is 0.268 e. The van der Waals surface area contributed by atoms with Gasteiger partial charge in [-0.05, 0) is 82.3 Å². The number of nitrogens with two attached hydrogens (primary N) is 1. The van der Waals surface area contributed by atoms with Gasteiger partial charge in [0.1, 0.15) is 30.1 Å². The molecule has 4 heterocycles. The van der Waals surface area contributed by atoms with Crippen LogP contribution in [0.5, 0.6) is 5.88 Å². The zero-order valence-corrected chi connectivity index (χ0v) is 44.0. The average molecular weight is 1020 g/mol. The molecule has 6 N–H and O–H groups in total. The number of nitriles is 1. The van der Waals surface area contributed by atoms with Gasteiger partial charge in [-0.3, -0.25) is 28.7 Å². The van der Waals surface area contributed by atoms with Gasteiger partial charge >= 0.3 is 0 Å². The number of likely N-dealkylation sites (tertiary alicyclic amines) is 1. The molecule has 396 valence electrons. The molecule has 0 aliphatic carbocycles. The molecule has 2 aromatic heterocycles. The fourth-order valence-electron chi connectivity index (χ4n) is 9.25. The third kappa shape index (κ3) is 14.1. The number of hydrogen-bond acceptors (Lipinski definition) is 13. The number of benzene rings is 2. The first kappa shape index (κ1) is 56.2. The fourth-order valence-corrected chi connectivity index (χ4v) is 9.25. The second-order valence-electron chi connectivity index (χ2n) is 20.2. The number of amides is 5. The van der Waals surface area contributed by atoms with Crippen molar-refractivity contribution in [2.45, 2.75) is 143 Å². The summed E-state index contributed by atoms with van der Waals surface area (Å²) in [5.41, 5.74) is 8.65. The Morgan fingerprint density at radius 3 is 2.45 bits per heavy atom. The molecule has 74 heavy (non-hydrogen) atoms. The van der Waals surface area contributed by atoms with E-state index in [0.717, 1.165) is 37.7 Å². The summed E-state index contributed by atoms with van der Waals surface area (Å²) in [6.07, 6.45) is 7.20. The Kier molecular flexibility index (Phi) is 19.5. The molecule has 6 rings (SSSR count). The number of nitrogens with one attached hydrogen (secondary N) is 4. The number of hydrogen-bond donors (Lipinski definition) is 5. The van der Waals surface area contributed by atoms with Gasteiger partial charge in [0, 0.05) is 43.7 Å². The van der Waals surface area contributed by atoms with Gasteiger partial charge in [0.15, 0.2) is 11.5 Å². The van der Waals surface area contributed by atoms with Gasteiger partial charge in [0.2, 0.25) is 17.7 Å². The first-order valence-corrected chi connectivity index (χ1v) is 25.6. The Morgan fingerprint density at radius 2 is 1.76 bits per heavy atom. The normalized spacial score (nSPS) is 17.7. The van der Waals surface area contributed by atoms with E-state index in [0.29, 0.717) is 61.3 Å². The Morgan fingerprint density at radius 1 is 1.04 bits per heavy atom. The molecular formula is C54H72FN13O6. The van der Waals surface area contributed by atoms with Crippen molar-refractivity contribution in [2.24, 2.45) is 10.4 Å². The molecule has 2 aliphatic rings. The predicted molar refractivity (Wildman–Crippen MR) is 279 cm³/mol. The predicted octanol–water partition coefficient (Wildman–Crippen LogP) is 5.63. The number of rotatable bonds is 20. The Labute approximate surface area is 433 Å². The largest absolute Gasteiger partial charge is 0.467 e. The first-order chi connectivity index (χ1) is 35.3. The van der Waals surface area contributed by atoms with E-state index >= 15 is 0 Å². The number of halogens is 1. The quantitative estimate of drug-likeness (QED) is 0.0532. The van der Waals surface area contributed by atoms with E-state index in [1.165, 1.54) is 29.3 Å². The number of likely N-dealkylation sites (N-methyl/N-ethyl adjacent to an activating group) is 1. The molecule has 5 amide bonds. The van der Waals surface area contributed by atoms with E-state index in [-0.39, 0.29) is 78.0 Å². The van der Waals surface area contributed by atoms with Crippen LogP contribution in [-0.4, -0.2) is 123 Å². The van der Waals surface area contributed by atoms with Crippen LogP contribution in [-0.2, 0) is 32.3 Å². The number of anilines is 1. The molecule has 2 bridgehead atoms. The van der Waals surface area contributed by atoms with Crippen LogP contribution in [0.1, 0.15) is 138 Å². The highest BCUT2D eigenvalue weighted by Gasteiger charge is 2.45. The molecule has 2 aliphatic heterocycles. The van der Waals surface area contributed by atoms with Crippen molar-refractivity contribution in [3.63, 3.8) is 0 Å². The second-order valence-corrected chi connectivity index (χ2v) is 20.2. The molecule has 5 atom stereocenters. The third-order valence-electron chi connectivity index (χ3n) is 13.6. The smallest absolute Gasteiger partial charge is 0.268 e. The minimum Gasteiger partial charge on any atom is -0.467 e. The molecule has 20 heteroatoms. The lowest BCUT2D eigenvalue weighted by molar-refractivity contribution is -0.143. The Bertz CT molecular complexity index is 2720. The number of unbranched alkanes of at least 4 members (excludes halogenated alkanes) is 5. The summed E-state index contributed by atoms with van der Waals surface area (Å²) in [7, 11) is 3.28. The van der Waals surface area contributed by atoms with Crippen LogP contribution in [0.2, 0.25) is 0 Å². The number of nitrogen functional groups attached to an aromatic ring is 1. The average Bonchev–Trinajstić information content (AvgIpc) is 3.97. The van der Waals surface area contributed by atoms with E-state index in [9.17, 15) is 33.6 Å². The maximum absolute atomic E-state index is 14.5. The fraction of sp³-hybridized carbons (Fsp3) is 0.519. The van der Waals surface area contributed by atoms with E-state index in [1.54, 1.807) is 37.5 Å². The van der Waals surface area contributed by atoms with Crippen LogP contribution in [0.3, 0.4) is 0 Å². The summed E-state index contributed by atoms with van der Waals surface area (Å²) < 4.78 is 22.1. The van der Waals surface area contributed by atoms with Crippen molar-refractivity contribution in [3.05, 3.63) is 88.6 Å². The molecule has 1 saturated heterocycles. The third-order valence-corrected chi connectivity index (χ3v) is 13.6. The molecule has 1 fully saturated rings. The highest BCUT2D eigenvalue weighted by molar-refractivity contribution is 6.08. The molecule has 0 radical (unpaired) electrons. The number of nitrogens with zero attached hydrogens (tertiary/aromatic N) is 8. The highest BCUT2D eigenvalue weighted by Crippen LogP contribution is 2.34. The van der Waals surface area contributed by atoms with Crippen molar-refractivity contribution >= 4 is 41.1 Å². The van der Waals surface area contributed by atoms with Crippen molar-refractivity contribution in [3.8, 4) is 23.2 Å². The van der Waals surface area contributed by atoms with E-state index < -0.39 is 41.4 Å². The number of carbonyl (C=O) groups is 5. The van der Waals surface area contributed by atoms with Crippen molar-refractivity contribution < 1.29 is 33.1 Å². The van der Waals surface area contributed by atoms with E-state index in [4.69, 9.17) is 10.5 Å². The minimum absolute atomic E-state index is 0.00400. The summed E-state index contributed by atoms with van der Waals surface area (Å²) in [4.78, 5) is 84.7. The summed E-state index contributed by atoms with van der Waals surface area (Å²) >= 11 is 0. The van der Waals surface area contributed by atoms with Crippen molar-refractivity contribution in [1.82, 2.24) is 50.8 Å². The number of ether oxygens (including phenoxy) is 1. The van der Waals surface area contributed by atoms with Crippen LogP contribution in [0.4, 0.5) is 10.2 Å². The zero-order valence-electron chi connectivity index (χ0n) is 44.0. The summed E-state index contributed by atoms with van der Waals surface area (Å²) in [5, 5.41) is 27.1. The lowest BCUT2D eigenvalue weighted by Gasteiger charge is -2.35. The lowest BCUT2D eigenvalue weighted by atomic mass is 9.85. The summed E-state index contributed by atoms with van der Waals surface area (Å²) in [5.74, 6) is -2.13. The molecular weight excluding hydrogens is 946 g/mol. The van der Waals surface area contributed by atoms with Gasteiger partial charge in [-0.25, -0.2) is 19.4 Å². The van der Waals surface area contributed by atoms with E-state index in [1.807, 2.05) is 58.0 Å². The van der Waals surface area contributed by atoms with Crippen LogP contribution < -0.4 is 31.7 Å².